The van der Waals surface area contributed by atoms with Crippen LogP contribution in [0, 0.1) is 19.7 Å². The highest BCUT2D eigenvalue weighted by atomic mass is 79.9. The van der Waals surface area contributed by atoms with Crippen molar-refractivity contribution in [2.24, 2.45) is 0 Å². The van der Waals surface area contributed by atoms with Gasteiger partial charge in [-0.25, -0.2) is 9.18 Å². The van der Waals surface area contributed by atoms with E-state index in [0.29, 0.717) is 29.9 Å². The number of urea groups is 1. The molecule has 2 amide bonds. The second-order valence-corrected chi connectivity index (χ2v) is 15.8. The van der Waals surface area contributed by atoms with Crippen LogP contribution in [0.15, 0.2) is 34.8 Å². The summed E-state index contributed by atoms with van der Waals surface area (Å²) in [5, 5.41) is 0.0736. The van der Waals surface area contributed by atoms with Gasteiger partial charge in [0.15, 0.2) is 8.32 Å². The molecule has 2 heterocycles. The van der Waals surface area contributed by atoms with Crippen LogP contribution in [0.4, 0.5) is 14.9 Å². The number of benzene rings is 1. The fraction of sp³-hybridized carbons (Fsp3) is 0.500. The van der Waals surface area contributed by atoms with E-state index in [9.17, 15) is 9.18 Å². The number of pyridine rings is 1. The van der Waals surface area contributed by atoms with Crippen molar-refractivity contribution in [3.8, 4) is 0 Å². The number of anilines is 1. The first-order valence-corrected chi connectivity index (χ1v) is 14.6. The number of carbonyl (C=O) groups is 1. The summed E-state index contributed by atoms with van der Waals surface area (Å²) in [7, 11) is -1.99. The van der Waals surface area contributed by atoms with Gasteiger partial charge >= 0.3 is 6.03 Å². The van der Waals surface area contributed by atoms with Crippen LogP contribution in [0.5, 0.6) is 0 Å². The second kappa shape index (κ2) is 9.23. The largest absolute Gasteiger partial charge is 0.415 e. The minimum Gasteiger partial charge on any atom is -0.415 e. The highest BCUT2D eigenvalue weighted by Gasteiger charge is 2.42. The molecule has 5 nitrogen and oxygen atoms in total. The van der Waals surface area contributed by atoms with Crippen LogP contribution in [-0.4, -0.2) is 43.4 Å². The van der Waals surface area contributed by atoms with E-state index in [1.807, 2.05) is 30.9 Å². The third-order valence-electron chi connectivity index (χ3n) is 6.45. The second-order valence-electron chi connectivity index (χ2n) is 10.1. The van der Waals surface area contributed by atoms with E-state index in [-0.39, 0.29) is 17.1 Å². The summed E-state index contributed by atoms with van der Waals surface area (Å²) in [5.74, 6) is -0.390. The average molecular weight is 523 g/mol. The average Bonchev–Trinajstić information content (AvgIpc) is 2.96. The first-order valence-electron chi connectivity index (χ1n) is 10.9. The zero-order valence-electron chi connectivity index (χ0n) is 20.0. The maximum atomic E-state index is 14.2. The summed E-state index contributed by atoms with van der Waals surface area (Å²) in [5.41, 5.74) is 3.42. The molecule has 1 aliphatic rings. The molecule has 0 spiro atoms. The van der Waals surface area contributed by atoms with E-state index in [1.165, 1.54) is 6.07 Å². The number of halogens is 2. The SMILES string of the molecule is Cc1cc(C)nc(CN2C(=O)N(c3ccc(Br)c(F)c3)CC2CO[Si](C)(C)C(C)(C)C)c1. The van der Waals surface area contributed by atoms with Crippen LogP contribution in [0.1, 0.15) is 37.7 Å². The Morgan fingerprint density at radius 3 is 2.50 bits per heavy atom. The first kappa shape index (κ1) is 24.9. The van der Waals surface area contributed by atoms with Gasteiger partial charge in [-0.1, -0.05) is 20.8 Å². The molecule has 1 unspecified atom stereocenters. The van der Waals surface area contributed by atoms with Gasteiger partial charge < -0.3 is 9.33 Å². The third kappa shape index (κ3) is 5.40. The third-order valence-corrected chi connectivity index (χ3v) is 11.6. The normalized spacial score (nSPS) is 17.4. The number of hydrogen-bond acceptors (Lipinski definition) is 3. The van der Waals surface area contributed by atoms with E-state index >= 15 is 0 Å². The molecule has 0 N–H and O–H groups in total. The maximum Gasteiger partial charge on any atom is 0.325 e. The van der Waals surface area contributed by atoms with E-state index in [4.69, 9.17) is 4.43 Å². The lowest BCUT2D eigenvalue weighted by molar-refractivity contribution is 0.163. The minimum atomic E-state index is -1.99. The van der Waals surface area contributed by atoms with Crippen LogP contribution in [0.25, 0.3) is 0 Å². The molecular formula is C24H33BrFN3O2Si. The molecule has 3 rings (SSSR count). The summed E-state index contributed by atoms with van der Waals surface area (Å²) >= 11 is 3.19. The fourth-order valence-electron chi connectivity index (χ4n) is 3.61. The predicted molar refractivity (Wildman–Crippen MR) is 133 cm³/mol. The molecule has 174 valence electrons. The monoisotopic (exact) mass is 521 g/mol. The minimum absolute atomic E-state index is 0.0736. The fourth-order valence-corrected chi connectivity index (χ4v) is 4.90. The molecule has 0 saturated carbocycles. The van der Waals surface area contributed by atoms with Crippen molar-refractivity contribution in [3.63, 3.8) is 0 Å². The van der Waals surface area contributed by atoms with Gasteiger partial charge in [0.2, 0.25) is 0 Å². The van der Waals surface area contributed by atoms with Crippen LogP contribution in [0.2, 0.25) is 18.1 Å². The molecule has 1 atom stereocenters. The van der Waals surface area contributed by atoms with Gasteiger partial charge in [-0.3, -0.25) is 9.88 Å². The van der Waals surface area contributed by atoms with E-state index in [2.05, 4.69) is 54.8 Å². The predicted octanol–water partition coefficient (Wildman–Crippen LogP) is 6.43. The van der Waals surface area contributed by atoms with Crippen molar-refractivity contribution in [2.75, 3.05) is 18.1 Å². The van der Waals surface area contributed by atoms with Crippen molar-refractivity contribution in [2.45, 2.75) is 65.3 Å². The Kier molecular flexibility index (Phi) is 7.17. The zero-order chi connectivity index (χ0) is 23.8. The summed E-state index contributed by atoms with van der Waals surface area (Å²) in [4.78, 5) is 21.5. The number of rotatable bonds is 6. The Balaban J connectivity index is 1.89. The molecule has 1 fully saturated rings. The lowest BCUT2D eigenvalue weighted by Crippen LogP contribution is -2.45. The van der Waals surface area contributed by atoms with Gasteiger partial charge in [-0.2, -0.15) is 0 Å². The standard InChI is InChI=1S/C24H33BrFN3O2Si/c1-16-10-17(2)27-18(11-16)13-28-20(15-31-32(6,7)24(3,4)5)14-29(23(28)30)19-8-9-21(25)22(26)12-19/h8-12,20H,13-15H2,1-7H3. The quantitative estimate of drug-likeness (QED) is 0.411. The van der Waals surface area contributed by atoms with Crippen LogP contribution < -0.4 is 4.90 Å². The molecule has 0 aliphatic carbocycles. The Morgan fingerprint density at radius 1 is 1.22 bits per heavy atom. The number of aromatic nitrogens is 1. The zero-order valence-corrected chi connectivity index (χ0v) is 22.6. The molecule has 8 heteroatoms. The Bertz CT molecular complexity index is 989. The molecule has 0 bridgehead atoms. The summed E-state index contributed by atoms with van der Waals surface area (Å²) in [6, 6.07) is 8.51. The van der Waals surface area contributed by atoms with Crippen LogP contribution in [0.3, 0.4) is 0 Å². The molecule has 1 aromatic heterocycles. The molecular weight excluding hydrogens is 489 g/mol. The van der Waals surface area contributed by atoms with Gasteiger partial charge in [0.1, 0.15) is 5.82 Å². The lowest BCUT2D eigenvalue weighted by Gasteiger charge is -2.37. The molecule has 1 aromatic carbocycles. The van der Waals surface area contributed by atoms with Crippen molar-refractivity contribution in [1.82, 2.24) is 9.88 Å². The lowest BCUT2D eigenvalue weighted by atomic mass is 10.2. The summed E-state index contributed by atoms with van der Waals surface area (Å²) in [6.07, 6.45) is 0. The van der Waals surface area contributed by atoms with Crippen molar-refractivity contribution in [3.05, 3.63) is 57.6 Å². The summed E-state index contributed by atoms with van der Waals surface area (Å²) in [6.45, 7) is 16.3. The highest BCUT2D eigenvalue weighted by Crippen LogP contribution is 2.37. The van der Waals surface area contributed by atoms with Crippen LogP contribution >= 0.6 is 15.9 Å². The van der Waals surface area contributed by atoms with Crippen molar-refractivity contribution < 1.29 is 13.6 Å². The number of carbonyl (C=O) groups excluding carboxylic acids is 1. The van der Waals surface area contributed by atoms with Crippen molar-refractivity contribution >= 4 is 36.0 Å². The van der Waals surface area contributed by atoms with Crippen LogP contribution in [-0.2, 0) is 11.0 Å². The number of hydrogen-bond donors (Lipinski definition) is 0. The Morgan fingerprint density at radius 2 is 1.91 bits per heavy atom. The summed E-state index contributed by atoms with van der Waals surface area (Å²) < 4.78 is 21.1. The van der Waals surface area contributed by atoms with E-state index < -0.39 is 14.1 Å². The van der Waals surface area contributed by atoms with Gasteiger partial charge in [-0.05, 0) is 83.8 Å². The molecule has 1 saturated heterocycles. The molecule has 2 aromatic rings. The van der Waals surface area contributed by atoms with Crippen molar-refractivity contribution in [1.29, 1.82) is 0 Å². The molecule has 1 aliphatic heterocycles. The number of aryl methyl sites for hydroxylation is 2. The topological polar surface area (TPSA) is 45.7 Å². The van der Waals surface area contributed by atoms with Gasteiger partial charge in [0.25, 0.3) is 0 Å². The molecule has 0 radical (unpaired) electrons. The Hall–Kier alpha value is -1.77. The van der Waals surface area contributed by atoms with Gasteiger partial charge in [-0.15, -0.1) is 0 Å². The maximum absolute atomic E-state index is 14.2. The molecule has 32 heavy (non-hydrogen) atoms. The Labute approximate surface area is 200 Å². The van der Waals surface area contributed by atoms with Gasteiger partial charge in [0, 0.05) is 11.4 Å². The number of amides is 2. The van der Waals surface area contributed by atoms with Gasteiger partial charge in [0.05, 0.1) is 35.9 Å². The number of nitrogens with zero attached hydrogens (tertiary/aromatic N) is 3. The first-order chi connectivity index (χ1) is 14.8. The smallest absolute Gasteiger partial charge is 0.325 e. The van der Waals surface area contributed by atoms with E-state index in [0.717, 1.165) is 17.0 Å². The van der Waals surface area contributed by atoms with E-state index in [1.54, 1.807) is 17.0 Å². The highest BCUT2D eigenvalue weighted by molar-refractivity contribution is 9.10.